The van der Waals surface area contributed by atoms with Crippen LogP contribution in [0.15, 0.2) is 42.5 Å². The Morgan fingerprint density at radius 3 is 2.41 bits per heavy atom. The molecule has 7 heteroatoms. The van der Waals surface area contributed by atoms with E-state index in [1.165, 1.54) is 0 Å². The van der Waals surface area contributed by atoms with E-state index < -0.39 is 6.10 Å². The molecule has 0 aromatic heterocycles. The topological polar surface area (TPSA) is 44.8 Å². The number of carbonyl (C=O) groups is 1. The summed E-state index contributed by atoms with van der Waals surface area (Å²) in [4.78, 5) is 17.1. The second-order valence-corrected chi connectivity index (χ2v) is 7.42. The highest BCUT2D eigenvalue weighted by Gasteiger charge is 2.18. The van der Waals surface area contributed by atoms with Gasteiger partial charge in [-0.1, -0.05) is 29.3 Å². The molecule has 1 amide bonds. The third-order valence-corrected chi connectivity index (χ3v) is 5.39. The van der Waals surface area contributed by atoms with Crippen LogP contribution >= 0.6 is 23.2 Å². The highest BCUT2D eigenvalue weighted by molar-refractivity contribution is 6.42. The molecule has 0 saturated carbocycles. The zero-order valence-electron chi connectivity index (χ0n) is 15.4. The largest absolute Gasteiger partial charge is 0.479 e. The maximum Gasteiger partial charge on any atom is 0.265 e. The van der Waals surface area contributed by atoms with Gasteiger partial charge in [0.1, 0.15) is 10.8 Å². The lowest BCUT2D eigenvalue weighted by atomic mass is 10.2. The highest BCUT2D eigenvalue weighted by Crippen LogP contribution is 2.32. The van der Waals surface area contributed by atoms with Crippen molar-refractivity contribution in [2.24, 2.45) is 0 Å². The molecule has 0 radical (unpaired) electrons. The maximum atomic E-state index is 12.4. The van der Waals surface area contributed by atoms with Crippen molar-refractivity contribution in [2.45, 2.75) is 13.0 Å². The number of anilines is 2. The molecular weight excluding hydrogens is 385 g/mol. The minimum Gasteiger partial charge on any atom is -0.479 e. The standard InChI is InChI=1S/C20H23Cl2N3O2/c1-14(27-18-5-3-4-17(21)19(18)22)20(26)23-15-6-8-16(9-7-15)25-12-10-24(2)11-13-25/h3-9,14H,10-13H2,1-2H3,(H,23,26). The smallest absolute Gasteiger partial charge is 0.265 e. The third-order valence-electron chi connectivity index (χ3n) is 4.59. The van der Waals surface area contributed by atoms with E-state index in [0.29, 0.717) is 15.8 Å². The molecule has 144 valence electrons. The molecule has 27 heavy (non-hydrogen) atoms. The molecule has 2 aromatic carbocycles. The van der Waals surface area contributed by atoms with Gasteiger partial charge in [-0.3, -0.25) is 4.79 Å². The molecule has 1 aliphatic rings. The Morgan fingerprint density at radius 2 is 1.74 bits per heavy atom. The second-order valence-electron chi connectivity index (χ2n) is 6.64. The predicted molar refractivity (Wildman–Crippen MR) is 111 cm³/mol. The van der Waals surface area contributed by atoms with Crippen molar-refractivity contribution >= 4 is 40.5 Å². The summed E-state index contributed by atoms with van der Waals surface area (Å²) in [5.74, 6) is 0.135. The van der Waals surface area contributed by atoms with Gasteiger partial charge in [0, 0.05) is 37.6 Å². The van der Waals surface area contributed by atoms with Crippen LogP contribution in [-0.4, -0.2) is 50.1 Å². The lowest BCUT2D eigenvalue weighted by Crippen LogP contribution is -2.44. The molecule has 2 aromatic rings. The number of piperazine rings is 1. The van der Waals surface area contributed by atoms with Gasteiger partial charge in [-0.05, 0) is 50.4 Å². The molecule has 1 fully saturated rings. The van der Waals surface area contributed by atoms with Crippen LogP contribution in [0.25, 0.3) is 0 Å². The summed E-state index contributed by atoms with van der Waals surface area (Å²) in [6.45, 7) is 5.80. The van der Waals surface area contributed by atoms with Crippen LogP contribution in [0.2, 0.25) is 10.0 Å². The van der Waals surface area contributed by atoms with Crippen LogP contribution in [0.1, 0.15) is 6.92 Å². The maximum absolute atomic E-state index is 12.4. The first-order valence-corrected chi connectivity index (χ1v) is 9.64. The van der Waals surface area contributed by atoms with E-state index in [-0.39, 0.29) is 5.91 Å². The Morgan fingerprint density at radius 1 is 1.07 bits per heavy atom. The number of hydrogen-bond donors (Lipinski definition) is 1. The van der Waals surface area contributed by atoms with E-state index in [1.807, 2.05) is 24.3 Å². The number of ether oxygens (including phenoxy) is 1. The van der Waals surface area contributed by atoms with E-state index in [1.54, 1.807) is 25.1 Å². The lowest BCUT2D eigenvalue weighted by Gasteiger charge is -2.34. The van der Waals surface area contributed by atoms with Gasteiger partial charge in [0.25, 0.3) is 5.91 Å². The van der Waals surface area contributed by atoms with Crippen LogP contribution in [0.4, 0.5) is 11.4 Å². The summed E-state index contributed by atoms with van der Waals surface area (Å²) in [7, 11) is 2.13. The number of amides is 1. The minimum atomic E-state index is -0.710. The van der Waals surface area contributed by atoms with Crippen molar-refractivity contribution in [2.75, 3.05) is 43.4 Å². The average molecular weight is 408 g/mol. The molecule has 1 heterocycles. The number of hydrogen-bond acceptors (Lipinski definition) is 4. The first-order valence-electron chi connectivity index (χ1n) is 8.89. The molecule has 0 bridgehead atoms. The van der Waals surface area contributed by atoms with Crippen molar-refractivity contribution < 1.29 is 9.53 Å². The number of nitrogens with zero attached hydrogens (tertiary/aromatic N) is 2. The van der Waals surface area contributed by atoms with E-state index in [9.17, 15) is 4.79 Å². The van der Waals surface area contributed by atoms with Gasteiger partial charge in [0.15, 0.2) is 6.10 Å². The molecule has 1 atom stereocenters. The highest BCUT2D eigenvalue weighted by atomic mass is 35.5. The fraction of sp³-hybridized carbons (Fsp3) is 0.350. The number of rotatable bonds is 5. The van der Waals surface area contributed by atoms with E-state index in [2.05, 4.69) is 22.2 Å². The monoisotopic (exact) mass is 407 g/mol. The van der Waals surface area contributed by atoms with Crippen LogP contribution in [0, 0.1) is 0 Å². The first-order chi connectivity index (χ1) is 12.9. The van der Waals surface area contributed by atoms with Crippen LogP contribution < -0.4 is 15.0 Å². The lowest BCUT2D eigenvalue weighted by molar-refractivity contribution is -0.122. The minimum absolute atomic E-state index is 0.251. The van der Waals surface area contributed by atoms with Crippen molar-refractivity contribution in [3.05, 3.63) is 52.5 Å². The van der Waals surface area contributed by atoms with E-state index in [0.717, 1.165) is 37.6 Å². The number of likely N-dealkylation sites (N-methyl/N-ethyl adjacent to an activating group) is 1. The van der Waals surface area contributed by atoms with Gasteiger partial charge < -0.3 is 19.9 Å². The molecule has 1 unspecified atom stereocenters. The Balaban J connectivity index is 1.58. The number of benzene rings is 2. The Bertz CT molecular complexity index is 790. The Hall–Kier alpha value is -1.95. The van der Waals surface area contributed by atoms with Gasteiger partial charge in [-0.2, -0.15) is 0 Å². The summed E-state index contributed by atoms with van der Waals surface area (Å²) in [6, 6.07) is 13.0. The van der Waals surface area contributed by atoms with Gasteiger partial charge in [0.05, 0.1) is 5.02 Å². The van der Waals surface area contributed by atoms with Crippen molar-refractivity contribution in [3.63, 3.8) is 0 Å². The fourth-order valence-electron chi connectivity index (χ4n) is 2.88. The number of nitrogens with one attached hydrogen (secondary N) is 1. The second kappa shape index (κ2) is 8.83. The summed E-state index contributed by atoms with van der Waals surface area (Å²) >= 11 is 12.1. The quantitative estimate of drug-likeness (QED) is 0.808. The molecule has 0 spiro atoms. The van der Waals surface area contributed by atoms with Crippen LogP contribution in [0.3, 0.4) is 0 Å². The Labute approximate surface area is 169 Å². The molecule has 1 saturated heterocycles. The van der Waals surface area contributed by atoms with Crippen molar-refractivity contribution in [3.8, 4) is 5.75 Å². The first kappa shape index (κ1) is 19.8. The number of halogens is 2. The molecule has 0 aliphatic carbocycles. The van der Waals surface area contributed by atoms with Crippen molar-refractivity contribution in [1.29, 1.82) is 0 Å². The van der Waals surface area contributed by atoms with Gasteiger partial charge in [0.2, 0.25) is 0 Å². The fourth-order valence-corrected chi connectivity index (χ4v) is 3.22. The molecule has 3 rings (SSSR count). The Kier molecular flexibility index (Phi) is 6.47. The third kappa shape index (κ3) is 5.06. The zero-order valence-corrected chi connectivity index (χ0v) is 16.9. The normalized spacial score (nSPS) is 16.1. The summed E-state index contributed by atoms with van der Waals surface area (Å²) < 4.78 is 5.65. The average Bonchev–Trinajstić information content (AvgIpc) is 2.66. The summed E-state index contributed by atoms with van der Waals surface area (Å²) in [5, 5.41) is 3.56. The molecule has 1 aliphatic heterocycles. The summed E-state index contributed by atoms with van der Waals surface area (Å²) in [5.41, 5.74) is 1.89. The van der Waals surface area contributed by atoms with Gasteiger partial charge >= 0.3 is 0 Å². The molecule has 1 N–H and O–H groups in total. The van der Waals surface area contributed by atoms with E-state index in [4.69, 9.17) is 27.9 Å². The van der Waals surface area contributed by atoms with Crippen molar-refractivity contribution in [1.82, 2.24) is 4.90 Å². The SMILES string of the molecule is CC(Oc1cccc(Cl)c1Cl)C(=O)Nc1ccc(N2CCN(C)CC2)cc1. The predicted octanol–water partition coefficient (Wildman–Crippen LogP) is 4.15. The zero-order chi connectivity index (χ0) is 19.4. The van der Waals surface area contributed by atoms with Gasteiger partial charge in [-0.15, -0.1) is 0 Å². The van der Waals surface area contributed by atoms with Gasteiger partial charge in [-0.25, -0.2) is 0 Å². The van der Waals surface area contributed by atoms with Crippen LogP contribution in [-0.2, 0) is 4.79 Å². The van der Waals surface area contributed by atoms with Crippen LogP contribution in [0.5, 0.6) is 5.75 Å². The molecular formula is C20H23Cl2N3O2. The molecule has 5 nitrogen and oxygen atoms in total. The van der Waals surface area contributed by atoms with E-state index >= 15 is 0 Å². The number of carbonyl (C=O) groups excluding carboxylic acids is 1. The summed E-state index contributed by atoms with van der Waals surface area (Å²) in [6.07, 6.45) is -0.710.